The summed E-state index contributed by atoms with van der Waals surface area (Å²) in [5.74, 6) is -0.132. The van der Waals surface area contributed by atoms with Crippen molar-refractivity contribution >= 4 is 17.8 Å². The normalized spacial score (nSPS) is 15.7. The molecule has 192 valence electrons. The van der Waals surface area contributed by atoms with Crippen LogP contribution in [0.25, 0.3) is 0 Å². The first-order chi connectivity index (χ1) is 16.0. The smallest absolute Gasteiger partial charge is 0.225 e. The number of guanidine groups is 1. The molecule has 1 rings (SSSR count). The molecule has 0 radical (unpaired) electrons. The average molecular weight is 466 g/mol. The number of hydrogen-bond donors (Lipinski definition) is 4. The van der Waals surface area contributed by atoms with Gasteiger partial charge in [-0.1, -0.05) is 90.4 Å². The lowest BCUT2D eigenvalue weighted by Crippen LogP contribution is -2.34. The van der Waals surface area contributed by atoms with Crippen LogP contribution in [0, 0.1) is 11.3 Å². The van der Waals surface area contributed by atoms with Crippen molar-refractivity contribution in [3.63, 3.8) is 0 Å². The summed E-state index contributed by atoms with van der Waals surface area (Å²) in [6.07, 6.45) is 20.6. The van der Waals surface area contributed by atoms with E-state index in [2.05, 4.69) is 17.6 Å². The highest BCUT2D eigenvalue weighted by Crippen LogP contribution is 2.18. The van der Waals surface area contributed by atoms with Gasteiger partial charge in [-0.25, -0.2) is 0 Å². The molecule has 0 saturated carbocycles. The maximum atomic E-state index is 12.4. The first kappa shape index (κ1) is 29.2. The summed E-state index contributed by atoms with van der Waals surface area (Å²) in [7, 11) is 0. The minimum absolute atomic E-state index is 0.0252. The van der Waals surface area contributed by atoms with Crippen LogP contribution in [-0.4, -0.2) is 48.9 Å². The quantitative estimate of drug-likeness (QED) is 0.112. The van der Waals surface area contributed by atoms with E-state index in [1.807, 2.05) is 0 Å². The second-order valence-electron chi connectivity index (χ2n) is 9.68. The lowest BCUT2D eigenvalue weighted by molar-refractivity contribution is -0.129. The molecule has 0 bridgehead atoms. The molecule has 1 saturated heterocycles. The van der Waals surface area contributed by atoms with Gasteiger partial charge in [0.05, 0.1) is 5.92 Å². The first-order valence-electron chi connectivity index (χ1n) is 13.7. The molecule has 0 aromatic rings. The molecule has 0 aromatic carbocycles. The van der Waals surface area contributed by atoms with E-state index < -0.39 is 0 Å². The third kappa shape index (κ3) is 15.6. The molecule has 5 N–H and O–H groups in total. The van der Waals surface area contributed by atoms with Gasteiger partial charge in [0.2, 0.25) is 11.8 Å². The van der Waals surface area contributed by atoms with Crippen LogP contribution in [0.1, 0.15) is 116 Å². The van der Waals surface area contributed by atoms with E-state index in [0.717, 1.165) is 25.8 Å². The Morgan fingerprint density at radius 3 is 1.88 bits per heavy atom. The Labute approximate surface area is 202 Å². The van der Waals surface area contributed by atoms with Crippen molar-refractivity contribution in [2.75, 3.05) is 26.2 Å². The Morgan fingerprint density at radius 2 is 1.33 bits per heavy atom. The zero-order valence-electron chi connectivity index (χ0n) is 21.3. The topological polar surface area (TPSA) is 111 Å². The zero-order chi connectivity index (χ0) is 24.2. The van der Waals surface area contributed by atoms with Crippen molar-refractivity contribution in [3.05, 3.63) is 0 Å². The SMILES string of the molecule is CCCCCCCCCCCCCCCCNC(=O)C1CC(=O)N(CCCCNC(=N)N)C1. The molecular weight excluding hydrogens is 414 g/mol. The molecular formula is C26H51N5O2. The van der Waals surface area contributed by atoms with Crippen molar-refractivity contribution in [1.82, 2.24) is 15.5 Å². The standard InChI is InChI=1S/C26H51N5O2/c1-2-3-4-5-6-7-8-9-10-11-12-13-14-15-18-29-25(33)23-21-24(32)31(22-23)20-17-16-19-30-26(27)28/h23H,2-22H2,1H3,(H,29,33)(H4,27,28,30). The molecule has 1 atom stereocenters. The highest BCUT2D eigenvalue weighted by Gasteiger charge is 2.33. The number of carbonyl (C=O) groups excluding carboxylic acids is 2. The number of nitrogens with one attached hydrogen (secondary N) is 3. The van der Waals surface area contributed by atoms with Crippen molar-refractivity contribution in [2.24, 2.45) is 11.7 Å². The van der Waals surface area contributed by atoms with Gasteiger partial charge in [0, 0.05) is 32.6 Å². The van der Waals surface area contributed by atoms with Crippen LogP contribution in [0.5, 0.6) is 0 Å². The minimum atomic E-state index is -0.209. The molecule has 33 heavy (non-hydrogen) atoms. The third-order valence-corrected chi connectivity index (χ3v) is 6.59. The molecule has 7 nitrogen and oxygen atoms in total. The van der Waals surface area contributed by atoms with E-state index in [4.69, 9.17) is 11.1 Å². The summed E-state index contributed by atoms with van der Waals surface area (Å²) in [6, 6.07) is 0. The summed E-state index contributed by atoms with van der Waals surface area (Å²) in [4.78, 5) is 26.3. The third-order valence-electron chi connectivity index (χ3n) is 6.59. The summed E-state index contributed by atoms with van der Waals surface area (Å²) in [6.45, 7) is 4.83. The maximum Gasteiger partial charge on any atom is 0.225 e. The van der Waals surface area contributed by atoms with E-state index in [0.29, 0.717) is 26.1 Å². The Hall–Kier alpha value is -1.79. The number of unbranched alkanes of at least 4 members (excludes halogenated alkanes) is 14. The number of carbonyl (C=O) groups is 2. The molecule has 0 aromatic heterocycles. The molecule has 0 spiro atoms. The summed E-state index contributed by atoms with van der Waals surface area (Å²) >= 11 is 0. The Bertz CT molecular complexity index is 541. The van der Waals surface area contributed by atoms with Gasteiger partial charge in [-0.15, -0.1) is 0 Å². The average Bonchev–Trinajstić information content (AvgIpc) is 3.16. The van der Waals surface area contributed by atoms with Gasteiger partial charge in [-0.3, -0.25) is 15.0 Å². The fraction of sp³-hybridized carbons (Fsp3) is 0.885. The number of nitrogens with two attached hydrogens (primary N) is 1. The number of likely N-dealkylation sites (tertiary alicyclic amines) is 1. The number of amides is 2. The van der Waals surface area contributed by atoms with Crippen LogP contribution in [0.15, 0.2) is 0 Å². The second-order valence-corrected chi connectivity index (χ2v) is 9.68. The molecule has 1 unspecified atom stereocenters. The van der Waals surface area contributed by atoms with Crippen molar-refractivity contribution in [1.29, 1.82) is 5.41 Å². The molecule has 1 fully saturated rings. The predicted molar refractivity (Wildman–Crippen MR) is 137 cm³/mol. The highest BCUT2D eigenvalue weighted by atomic mass is 16.2. The van der Waals surface area contributed by atoms with E-state index in [1.54, 1.807) is 4.90 Å². The van der Waals surface area contributed by atoms with Gasteiger partial charge in [0.25, 0.3) is 0 Å². The Balaban J connectivity index is 1.91. The molecule has 1 heterocycles. The van der Waals surface area contributed by atoms with Gasteiger partial charge in [-0.2, -0.15) is 0 Å². The fourth-order valence-electron chi connectivity index (χ4n) is 4.49. The second kappa shape index (κ2) is 19.7. The van der Waals surface area contributed by atoms with Crippen molar-refractivity contribution < 1.29 is 9.59 Å². The minimum Gasteiger partial charge on any atom is -0.370 e. The number of rotatable bonds is 21. The van der Waals surface area contributed by atoms with Gasteiger partial charge < -0.3 is 21.3 Å². The van der Waals surface area contributed by atoms with Crippen LogP contribution in [-0.2, 0) is 9.59 Å². The van der Waals surface area contributed by atoms with E-state index >= 15 is 0 Å². The monoisotopic (exact) mass is 465 g/mol. The van der Waals surface area contributed by atoms with Crippen LogP contribution < -0.4 is 16.4 Å². The van der Waals surface area contributed by atoms with Crippen molar-refractivity contribution in [3.8, 4) is 0 Å². The molecule has 0 aliphatic carbocycles. The largest absolute Gasteiger partial charge is 0.370 e. The summed E-state index contributed by atoms with van der Waals surface area (Å²) in [5.41, 5.74) is 5.25. The Kier molecular flexibility index (Phi) is 17.4. The fourth-order valence-corrected chi connectivity index (χ4v) is 4.49. The van der Waals surface area contributed by atoms with Crippen molar-refractivity contribution in [2.45, 2.75) is 116 Å². The van der Waals surface area contributed by atoms with Gasteiger partial charge in [0.15, 0.2) is 5.96 Å². The Morgan fingerprint density at radius 1 is 0.848 bits per heavy atom. The molecule has 2 amide bonds. The predicted octanol–water partition coefficient (Wildman–Crippen LogP) is 4.70. The van der Waals surface area contributed by atoms with Gasteiger partial charge in [0.1, 0.15) is 0 Å². The highest BCUT2D eigenvalue weighted by molar-refractivity contribution is 5.89. The maximum absolute atomic E-state index is 12.4. The lowest BCUT2D eigenvalue weighted by atomic mass is 10.0. The van der Waals surface area contributed by atoms with Gasteiger partial charge in [-0.05, 0) is 19.3 Å². The van der Waals surface area contributed by atoms with E-state index in [-0.39, 0.29) is 23.7 Å². The zero-order valence-corrected chi connectivity index (χ0v) is 21.3. The summed E-state index contributed by atoms with van der Waals surface area (Å²) in [5, 5.41) is 12.9. The first-order valence-corrected chi connectivity index (χ1v) is 13.7. The van der Waals surface area contributed by atoms with E-state index in [9.17, 15) is 9.59 Å². The van der Waals surface area contributed by atoms with Gasteiger partial charge >= 0.3 is 0 Å². The van der Waals surface area contributed by atoms with E-state index in [1.165, 1.54) is 83.5 Å². The summed E-state index contributed by atoms with van der Waals surface area (Å²) < 4.78 is 0. The molecule has 1 aliphatic heterocycles. The molecule has 1 aliphatic rings. The van der Waals surface area contributed by atoms with Crippen LogP contribution in [0.3, 0.4) is 0 Å². The lowest BCUT2D eigenvalue weighted by Gasteiger charge is -2.16. The van der Waals surface area contributed by atoms with Crippen LogP contribution >= 0.6 is 0 Å². The van der Waals surface area contributed by atoms with Crippen LogP contribution in [0.4, 0.5) is 0 Å². The molecule has 7 heteroatoms. The van der Waals surface area contributed by atoms with Crippen LogP contribution in [0.2, 0.25) is 0 Å². The number of hydrogen-bond acceptors (Lipinski definition) is 3. The number of nitrogens with zero attached hydrogens (tertiary/aromatic N) is 1.